The molecule has 0 bridgehead atoms. The van der Waals surface area contributed by atoms with Crippen molar-refractivity contribution in [1.82, 2.24) is 4.98 Å². The molecule has 109 valence electrons. The van der Waals surface area contributed by atoms with E-state index in [0.29, 0.717) is 16.5 Å². The molecule has 0 aliphatic rings. The maximum absolute atomic E-state index is 6.19. The Morgan fingerprint density at radius 1 is 1.30 bits per heavy atom. The summed E-state index contributed by atoms with van der Waals surface area (Å²) in [5, 5.41) is 5.18. The first kappa shape index (κ1) is 17.0. The van der Waals surface area contributed by atoms with Crippen LogP contribution in [0.3, 0.4) is 0 Å². The van der Waals surface area contributed by atoms with Crippen LogP contribution >= 0.6 is 23.2 Å². The third-order valence-electron chi connectivity index (χ3n) is 2.54. The van der Waals surface area contributed by atoms with Crippen molar-refractivity contribution in [3.8, 4) is 0 Å². The van der Waals surface area contributed by atoms with Gasteiger partial charge in [0.05, 0.1) is 10.7 Å². The number of halogens is 2. The minimum Gasteiger partial charge on any atom is -0.399 e. The van der Waals surface area contributed by atoms with Gasteiger partial charge in [0, 0.05) is 46.5 Å². The third-order valence-corrected chi connectivity index (χ3v) is 3.09. The van der Waals surface area contributed by atoms with Crippen LogP contribution in [0.5, 0.6) is 0 Å². The van der Waals surface area contributed by atoms with Crippen LogP contribution in [0.25, 0.3) is 0 Å². The third kappa shape index (κ3) is 4.50. The second-order valence-electron chi connectivity index (χ2n) is 3.88. The molecule has 1 radical (unpaired) electrons. The van der Waals surface area contributed by atoms with E-state index in [0.717, 1.165) is 16.8 Å². The van der Waals surface area contributed by atoms with Crippen LogP contribution in [0.4, 0.5) is 0 Å². The van der Waals surface area contributed by atoms with Crippen LogP contribution in [-0.4, -0.2) is 17.8 Å². The zero-order valence-corrected chi connectivity index (χ0v) is 13.1. The zero-order valence-electron chi connectivity index (χ0n) is 10.6. The predicted octanol–water partition coefficient (Wildman–Crippen LogP) is 3.98. The molecule has 0 fully saturated rings. The fraction of sp³-hybridized carbons (Fsp3) is 0.143. The van der Waals surface area contributed by atoms with Gasteiger partial charge in [0.25, 0.3) is 0 Å². The Labute approximate surface area is 138 Å². The van der Waals surface area contributed by atoms with E-state index in [9.17, 15) is 0 Å². The first-order valence-corrected chi connectivity index (χ1v) is 6.40. The van der Waals surface area contributed by atoms with Gasteiger partial charge in [0.1, 0.15) is 7.11 Å². The van der Waals surface area contributed by atoms with Gasteiger partial charge in [-0.3, -0.25) is 4.98 Å². The molecule has 0 aliphatic heterocycles. The number of oxime groups is 1. The number of pyridine rings is 1. The Hall–Kier alpha value is -1.06. The van der Waals surface area contributed by atoms with Crippen LogP contribution in [0.15, 0.2) is 47.9 Å². The molecular formula is C14H12Cl2CuN2O. The Kier molecular flexibility index (Phi) is 7.03. The largest absolute Gasteiger partial charge is 0.399 e. The molecule has 2 aromatic rings. The van der Waals surface area contributed by atoms with Gasteiger partial charge < -0.3 is 4.84 Å². The molecule has 2 rings (SSSR count). The minimum absolute atomic E-state index is 0. The van der Waals surface area contributed by atoms with Gasteiger partial charge in [-0.2, -0.15) is 0 Å². The molecule has 1 heterocycles. The molecule has 0 N–H and O–H groups in total. The SMILES string of the molecule is CO/N=C(/Cc1cccnc1)c1ccc(Cl)cc1Cl.[Cu]. The van der Waals surface area contributed by atoms with E-state index in [1.165, 1.54) is 7.11 Å². The van der Waals surface area contributed by atoms with Crippen molar-refractivity contribution in [3.05, 3.63) is 63.9 Å². The first-order chi connectivity index (χ1) is 9.20. The summed E-state index contributed by atoms with van der Waals surface area (Å²) in [6.07, 6.45) is 4.10. The van der Waals surface area contributed by atoms with E-state index in [1.54, 1.807) is 24.5 Å². The summed E-state index contributed by atoms with van der Waals surface area (Å²) in [5.74, 6) is 0. The number of rotatable bonds is 4. The maximum atomic E-state index is 6.19. The number of benzene rings is 1. The first-order valence-electron chi connectivity index (χ1n) is 5.65. The van der Waals surface area contributed by atoms with Crippen molar-refractivity contribution < 1.29 is 21.9 Å². The Bertz CT molecular complexity index is 591. The van der Waals surface area contributed by atoms with Gasteiger partial charge in [-0.15, -0.1) is 0 Å². The van der Waals surface area contributed by atoms with E-state index in [4.69, 9.17) is 28.0 Å². The van der Waals surface area contributed by atoms with E-state index >= 15 is 0 Å². The summed E-state index contributed by atoms with van der Waals surface area (Å²) in [7, 11) is 1.51. The number of nitrogens with zero attached hydrogens (tertiary/aromatic N) is 2. The van der Waals surface area contributed by atoms with Crippen molar-refractivity contribution in [2.24, 2.45) is 5.16 Å². The summed E-state index contributed by atoms with van der Waals surface area (Å²) in [4.78, 5) is 8.97. The molecule has 20 heavy (non-hydrogen) atoms. The fourth-order valence-electron chi connectivity index (χ4n) is 1.71. The van der Waals surface area contributed by atoms with Crippen LogP contribution in [0.1, 0.15) is 11.1 Å². The van der Waals surface area contributed by atoms with Gasteiger partial charge in [-0.1, -0.05) is 40.5 Å². The predicted molar refractivity (Wildman–Crippen MR) is 77.9 cm³/mol. The molecular weight excluding hydrogens is 347 g/mol. The minimum atomic E-state index is 0. The Morgan fingerprint density at radius 2 is 2.10 bits per heavy atom. The topological polar surface area (TPSA) is 34.5 Å². The Balaban J connectivity index is 0.00000200. The van der Waals surface area contributed by atoms with Crippen LogP contribution in [0, 0.1) is 0 Å². The molecule has 3 nitrogen and oxygen atoms in total. The zero-order chi connectivity index (χ0) is 13.7. The van der Waals surface area contributed by atoms with Crippen molar-refractivity contribution >= 4 is 28.9 Å². The number of hydrogen-bond donors (Lipinski definition) is 0. The molecule has 0 amide bonds. The quantitative estimate of drug-likeness (QED) is 0.471. The second-order valence-corrected chi connectivity index (χ2v) is 4.73. The molecule has 0 saturated carbocycles. The summed E-state index contributed by atoms with van der Waals surface area (Å²) in [6.45, 7) is 0. The van der Waals surface area contributed by atoms with Crippen molar-refractivity contribution in [2.45, 2.75) is 6.42 Å². The van der Waals surface area contributed by atoms with Gasteiger partial charge in [-0.05, 0) is 23.8 Å². The molecule has 1 aromatic heterocycles. The van der Waals surface area contributed by atoms with Crippen molar-refractivity contribution in [3.63, 3.8) is 0 Å². The fourth-order valence-corrected chi connectivity index (χ4v) is 2.22. The van der Waals surface area contributed by atoms with Gasteiger partial charge in [-0.25, -0.2) is 0 Å². The van der Waals surface area contributed by atoms with Crippen molar-refractivity contribution in [2.75, 3.05) is 7.11 Å². The second kappa shape index (κ2) is 8.28. The van der Waals surface area contributed by atoms with E-state index < -0.39 is 0 Å². The molecule has 0 unspecified atom stereocenters. The van der Waals surface area contributed by atoms with Crippen LogP contribution < -0.4 is 0 Å². The van der Waals surface area contributed by atoms with E-state index in [-0.39, 0.29) is 17.1 Å². The molecule has 0 spiro atoms. The molecule has 0 atom stereocenters. The Morgan fingerprint density at radius 3 is 2.70 bits per heavy atom. The smallest absolute Gasteiger partial charge is 0.106 e. The summed E-state index contributed by atoms with van der Waals surface area (Å²) in [6, 6.07) is 9.15. The monoisotopic (exact) mass is 357 g/mol. The molecule has 0 aliphatic carbocycles. The average Bonchev–Trinajstić information content (AvgIpc) is 2.39. The van der Waals surface area contributed by atoms with E-state index in [1.807, 2.05) is 18.2 Å². The maximum Gasteiger partial charge on any atom is 0.106 e. The molecule has 6 heteroatoms. The number of hydrogen-bond acceptors (Lipinski definition) is 3. The molecule has 0 saturated heterocycles. The molecule has 1 aromatic carbocycles. The van der Waals surface area contributed by atoms with E-state index in [2.05, 4.69) is 10.1 Å². The van der Waals surface area contributed by atoms with Gasteiger partial charge in [0.2, 0.25) is 0 Å². The number of aromatic nitrogens is 1. The summed E-state index contributed by atoms with van der Waals surface area (Å²) in [5.41, 5.74) is 2.57. The van der Waals surface area contributed by atoms with Gasteiger partial charge >= 0.3 is 0 Å². The van der Waals surface area contributed by atoms with Crippen LogP contribution in [0.2, 0.25) is 10.0 Å². The summed E-state index contributed by atoms with van der Waals surface area (Å²) >= 11 is 12.1. The van der Waals surface area contributed by atoms with Crippen molar-refractivity contribution in [1.29, 1.82) is 0 Å². The van der Waals surface area contributed by atoms with Crippen LogP contribution in [-0.2, 0) is 28.3 Å². The summed E-state index contributed by atoms with van der Waals surface area (Å²) < 4.78 is 0. The standard InChI is InChI=1S/C14H12Cl2N2O.Cu/c1-19-18-14(7-10-3-2-6-17-9-10)12-5-4-11(15)8-13(12)16;/h2-6,8-9H,7H2,1H3;/b18-14-;. The normalized spacial score (nSPS) is 10.8. The van der Waals surface area contributed by atoms with Gasteiger partial charge in [0.15, 0.2) is 0 Å². The average molecular weight is 359 g/mol.